The number of hydrogen-bond donors (Lipinski definition) is 2. The number of ether oxygens (including phenoxy) is 1. The van der Waals surface area contributed by atoms with Gasteiger partial charge in [0, 0.05) is 60.5 Å². The summed E-state index contributed by atoms with van der Waals surface area (Å²) in [6.07, 6.45) is 16.7. The molecular weight excluding hydrogens is 581 g/mol. The third-order valence-electron chi connectivity index (χ3n) is 10.5. The van der Waals surface area contributed by atoms with Crippen LogP contribution in [-0.4, -0.2) is 80.8 Å². The molecule has 4 fully saturated rings. The van der Waals surface area contributed by atoms with Gasteiger partial charge in [-0.15, -0.1) is 6.42 Å². The normalized spacial score (nSPS) is 22.2. The molecule has 0 unspecified atom stereocenters. The molecule has 9 rings (SSSR count). The zero-order chi connectivity index (χ0) is 31.0. The van der Waals surface area contributed by atoms with Gasteiger partial charge in [0.1, 0.15) is 22.7 Å². The molecule has 1 aliphatic carbocycles. The lowest BCUT2D eigenvalue weighted by atomic mass is 9.94. The molecule has 9 nitrogen and oxygen atoms in total. The smallest absolute Gasteiger partial charge is 0.319 e. The molecule has 2 N–H and O–H groups in total. The van der Waals surface area contributed by atoms with Crippen LogP contribution in [0.25, 0.3) is 38.6 Å². The summed E-state index contributed by atoms with van der Waals surface area (Å²) in [5.74, 6) is 2.93. The fourth-order valence-electron chi connectivity index (χ4n) is 8.04. The maximum absolute atomic E-state index is 15.0. The number of hydrogen-bond acceptors (Lipinski definition) is 8. The molecule has 3 saturated heterocycles. The average molecular weight is 618 g/mol. The molecule has 5 aromatic rings. The first kappa shape index (κ1) is 27.8. The number of pyridine rings is 1. The highest BCUT2D eigenvalue weighted by Crippen LogP contribution is 2.47. The van der Waals surface area contributed by atoms with Crippen molar-refractivity contribution in [1.82, 2.24) is 29.6 Å². The summed E-state index contributed by atoms with van der Waals surface area (Å²) >= 11 is 0. The van der Waals surface area contributed by atoms with Gasteiger partial charge < -0.3 is 25.0 Å². The Morgan fingerprint density at radius 2 is 1.87 bits per heavy atom. The number of nitrogens with zero attached hydrogens (tertiary/aromatic N) is 6. The molecule has 6 heterocycles. The molecule has 2 bridgehead atoms. The number of aromatic nitrogens is 4. The maximum Gasteiger partial charge on any atom is 0.319 e. The Kier molecular flexibility index (Phi) is 6.37. The summed E-state index contributed by atoms with van der Waals surface area (Å²) in [5, 5.41) is 15.7. The van der Waals surface area contributed by atoms with Gasteiger partial charge in [0.05, 0.1) is 17.7 Å². The highest BCUT2D eigenvalue weighted by Gasteiger charge is 2.45. The molecule has 0 radical (unpaired) electrons. The van der Waals surface area contributed by atoms with Gasteiger partial charge in [-0.25, -0.2) is 9.37 Å². The largest absolute Gasteiger partial charge is 0.508 e. The molecule has 0 amide bonds. The molecule has 2 atom stereocenters. The highest BCUT2D eigenvalue weighted by atomic mass is 19.1. The van der Waals surface area contributed by atoms with E-state index in [-0.39, 0.29) is 16.7 Å². The highest BCUT2D eigenvalue weighted by molar-refractivity contribution is 6.06. The van der Waals surface area contributed by atoms with Gasteiger partial charge in [-0.2, -0.15) is 9.97 Å². The fourth-order valence-corrected chi connectivity index (χ4v) is 8.04. The van der Waals surface area contributed by atoms with Crippen molar-refractivity contribution >= 4 is 33.3 Å². The van der Waals surface area contributed by atoms with E-state index in [1.165, 1.54) is 32.0 Å². The van der Waals surface area contributed by atoms with Crippen LogP contribution in [0.15, 0.2) is 42.7 Å². The second-order valence-electron chi connectivity index (χ2n) is 13.7. The first-order chi connectivity index (χ1) is 22.5. The van der Waals surface area contributed by atoms with Crippen molar-refractivity contribution in [1.29, 1.82) is 0 Å². The molecule has 46 heavy (non-hydrogen) atoms. The van der Waals surface area contributed by atoms with E-state index in [0.29, 0.717) is 57.8 Å². The molecule has 3 aliphatic heterocycles. The number of anilines is 1. The number of terminal acetylenes is 1. The number of benzene rings is 2. The molecule has 2 aromatic carbocycles. The van der Waals surface area contributed by atoms with Crippen molar-refractivity contribution in [2.75, 3.05) is 44.2 Å². The number of piperazine rings is 1. The van der Waals surface area contributed by atoms with Crippen LogP contribution in [0.2, 0.25) is 0 Å². The van der Waals surface area contributed by atoms with E-state index >= 15 is 4.39 Å². The van der Waals surface area contributed by atoms with E-state index in [1.54, 1.807) is 24.4 Å². The Bertz CT molecular complexity index is 2050. The number of likely N-dealkylation sites (tertiary alicyclic amines) is 1. The number of phenolic OH excluding ortho intramolecular Hbond substituents is 1. The van der Waals surface area contributed by atoms with Crippen molar-refractivity contribution in [3.05, 3.63) is 54.1 Å². The molecule has 0 spiro atoms. The Hall–Kier alpha value is -4.46. The van der Waals surface area contributed by atoms with Gasteiger partial charge in [0.25, 0.3) is 0 Å². The zero-order valence-electron chi connectivity index (χ0n) is 25.7. The van der Waals surface area contributed by atoms with Crippen LogP contribution in [0.5, 0.6) is 11.8 Å². The third-order valence-corrected chi connectivity index (χ3v) is 10.5. The minimum Gasteiger partial charge on any atom is -0.508 e. The standard InChI is InChI=1S/C36H36FN7O2/c1-2-26-29(37)8-5-22-15-25(45)16-27(31(22)26)28-17-30-32(44-14-11-38-33(28)44)34(43-18-23-6-7-24(19-43)39-23)41-35(40-30)46-21-36(9-10-36)20-42-12-3-4-13-42/h1,5,8,11,14-17,23-24,39,45H,3-4,6-7,9-10,12-13,18-21H2/t23-,24+. The number of aromatic hydroxyl groups is 1. The van der Waals surface area contributed by atoms with Crippen molar-refractivity contribution in [3.8, 4) is 35.2 Å². The van der Waals surface area contributed by atoms with Crippen LogP contribution in [0.1, 0.15) is 44.1 Å². The average Bonchev–Trinajstić information content (AvgIpc) is 3.38. The van der Waals surface area contributed by atoms with Gasteiger partial charge in [0.15, 0.2) is 5.82 Å². The van der Waals surface area contributed by atoms with Crippen LogP contribution in [0.4, 0.5) is 10.2 Å². The Morgan fingerprint density at radius 3 is 2.63 bits per heavy atom. The van der Waals surface area contributed by atoms with Crippen molar-refractivity contribution in [2.24, 2.45) is 5.41 Å². The van der Waals surface area contributed by atoms with E-state index in [0.717, 1.165) is 56.7 Å². The van der Waals surface area contributed by atoms with E-state index in [4.69, 9.17) is 26.1 Å². The van der Waals surface area contributed by atoms with Crippen molar-refractivity contribution < 1.29 is 14.2 Å². The Morgan fingerprint density at radius 1 is 1.07 bits per heavy atom. The molecule has 1 saturated carbocycles. The molecule has 4 aliphatic rings. The first-order valence-corrected chi connectivity index (χ1v) is 16.4. The van der Waals surface area contributed by atoms with Crippen LogP contribution in [-0.2, 0) is 0 Å². The topological polar surface area (TPSA) is 91.1 Å². The number of fused-ring (bicyclic) bond motifs is 6. The maximum atomic E-state index is 15.0. The SMILES string of the molecule is C#Cc1c(F)ccc2cc(O)cc(-c3cc4nc(OCC5(CN6CCCC6)CC5)nc(N5C[C@H]6CC[C@@H](C5)N6)c4n4ccnc34)c12. The van der Waals surface area contributed by atoms with Gasteiger partial charge in [-0.05, 0) is 86.8 Å². The lowest BCUT2D eigenvalue weighted by Gasteiger charge is -2.34. The van der Waals surface area contributed by atoms with Crippen molar-refractivity contribution in [3.63, 3.8) is 0 Å². The second-order valence-corrected chi connectivity index (χ2v) is 13.7. The summed E-state index contributed by atoms with van der Waals surface area (Å²) in [5.41, 5.74) is 3.75. The number of rotatable bonds is 7. The predicted molar refractivity (Wildman–Crippen MR) is 176 cm³/mol. The van der Waals surface area contributed by atoms with Gasteiger partial charge >= 0.3 is 6.01 Å². The quantitative estimate of drug-likeness (QED) is 0.244. The lowest BCUT2D eigenvalue weighted by Crippen LogP contribution is -2.51. The molecule has 3 aromatic heterocycles. The number of nitrogens with one attached hydrogen (secondary N) is 1. The summed E-state index contributed by atoms with van der Waals surface area (Å²) in [7, 11) is 0. The molecule has 234 valence electrons. The molecular formula is C36H36FN7O2. The second kappa shape index (κ2) is 10.5. The van der Waals surface area contributed by atoms with Crippen LogP contribution in [0, 0.1) is 23.6 Å². The van der Waals surface area contributed by atoms with Crippen LogP contribution < -0.4 is 15.0 Å². The third kappa shape index (κ3) is 4.64. The first-order valence-electron chi connectivity index (χ1n) is 16.4. The number of imidazole rings is 1. The van der Waals surface area contributed by atoms with Crippen LogP contribution >= 0.6 is 0 Å². The van der Waals surface area contributed by atoms with Crippen molar-refractivity contribution in [2.45, 2.75) is 50.6 Å². The zero-order valence-corrected chi connectivity index (χ0v) is 25.7. The van der Waals surface area contributed by atoms with Gasteiger partial charge in [-0.1, -0.05) is 12.0 Å². The monoisotopic (exact) mass is 617 g/mol. The summed E-state index contributed by atoms with van der Waals surface area (Å²) in [6.45, 7) is 5.68. The summed E-state index contributed by atoms with van der Waals surface area (Å²) < 4.78 is 23.5. The van der Waals surface area contributed by atoms with E-state index in [2.05, 4.69) is 21.0 Å². The Balaban J connectivity index is 1.21. The lowest BCUT2D eigenvalue weighted by molar-refractivity contribution is 0.170. The Labute approximate surface area is 266 Å². The van der Waals surface area contributed by atoms with Gasteiger partial charge in [0.2, 0.25) is 0 Å². The summed E-state index contributed by atoms with van der Waals surface area (Å²) in [4.78, 5) is 19.8. The van der Waals surface area contributed by atoms with E-state index in [1.807, 2.05) is 16.7 Å². The minimum absolute atomic E-state index is 0.0540. The number of phenols is 1. The van der Waals surface area contributed by atoms with Gasteiger partial charge in [-0.3, -0.25) is 4.40 Å². The van der Waals surface area contributed by atoms with E-state index in [9.17, 15) is 5.11 Å². The summed E-state index contributed by atoms with van der Waals surface area (Å²) in [6, 6.07) is 9.36. The van der Waals surface area contributed by atoms with E-state index < -0.39 is 5.82 Å². The predicted octanol–water partition coefficient (Wildman–Crippen LogP) is 5.12. The van der Waals surface area contributed by atoms with Crippen LogP contribution in [0.3, 0.4) is 0 Å². The minimum atomic E-state index is -0.487. The molecule has 10 heteroatoms. The number of halogens is 1. The fraction of sp³-hybridized carbons (Fsp3) is 0.417.